The summed E-state index contributed by atoms with van der Waals surface area (Å²) in [5.74, 6) is -57.3. The Bertz CT molecular complexity index is 4400. The van der Waals surface area contributed by atoms with Crippen LogP contribution in [0.15, 0.2) is 255 Å². The van der Waals surface area contributed by atoms with E-state index in [-0.39, 0.29) is 66.1 Å². The summed E-state index contributed by atoms with van der Waals surface area (Å²) in [6, 6.07) is 72.6. The van der Waals surface area contributed by atoms with E-state index in [1.807, 2.05) is 170 Å². The molecule has 0 amide bonds. The van der Waals surface area contributed by atoms with Gasteiger partial charge < -0.3 is 81.3 Å². The van der Waals surface area contributed by atoms with E-state index >= 15 is 0 Å². The third-order valence-electron chi connectivity index (χ3n) is 20.3. The Morgan fingerprint density at radius 2 is 0.553 bits per heavy atom. The third-order valence-corrected chi connectivity index (χ3v) is 20.3. The number of aliphatic hydroxyl groups is 2. The summed E-state index contributed by atoms with van der Waals surface area (Å²) in [5, 5.41) is 26.0. The maximum absolute atomic E-state index is 15.0. The van der Waals surface area contributed by atoms with E-state index in [4.69, 9.17) is 71.1 Å². The number of benzene rings is 8. The normalized spacial score (nSPS) is 24.1. The summed E-state index contributed by atoms with van der Waals surface area (Å²) >= 11 is 0. The minimum absolute atomic E-state index is 0.000291. The van der Waals surface area contributed by atoms with E-state index in [9.17, 15) is 84.9 Å². The van der Waals surface area contributed by atoms with Crippen LogP contribution in [0.4, 0.5) is 74.6 Å². The number of aliphatic hydroxyl groups excluding tert-OH is 2. The van der Waals surface area contributed by atoms with E-state index < -0.39 is 179 Å². The first-order chi connectivity index (χ1) is 58.8. The van der Waals surface area contributed by atoms with Gasteiger partial charge in [0.25, 0.3) is 0 Å². The summed E-state index contributed by atoms with van der Waals surface area (Å²) in [4.78, 5) is 0. The quantitative estimate of drug-likeness (QED) is 0.0209. The molecule has 0 saturated carbocycles. The van der Waals surface area contributed by atoms with Crippen molar-refractivity contribution in [2.24, 2.45) is 0 Å². The molecule has 0 aromatic heterocycles. The predicted molar refractivity (Wildman–Crippen MR) is 407 cm³/mol. The van der Waals surface area contributed by atoms with E-state index in [0.717, 1.165) is 33.9 Å². The number of halogens is 17. The molecule has 0 unspecified atom stereocenters. The van der Waals surface area contributed by atoms with Gasteiger partial charge in [-0.2, -0.15) is 74.6 Å². The number of hydrogen-bond acceptors (Lipinski definition) is 17. The minimum Gasteiger partial charge on any atom is -0.385 e. The summed E-state index contributed by atoms with van der Waals surface area (Å²) in [7, 11) is 0. The standard InChI is InChI=1S/C89H91F17O17/c90-82(91,83(92,93)84(94,95)85(96,97)86(98,99)87(100,101)88(102,103)89(104,105)106)44-27-46-109-45-25-26-47-112-81-78(118-55-66-42-23-8-24-43-66)77(123-80-71(108)76(117-54-65-40-21-7-22-41-65)73(114-51-62-34-15-4-16-35-62)68(121-80)57-111-49-60-30-11-2-12-31-60)74(115-52-63-36-17-5-18-37-63)69(122-81)58-119-79-70(107)75(116-53-64-38-19-6-20-39-64)72(113-50-61-32-13-3-14-33-61)67(120-79)56-110-48-59-28-9-1-10-29-59/h1-26,28-43,67-81,107-108H,27,44-58H2/b26-25-/t67-,68-,69-,70+,71+,72-,73-,74-,75-,76-,77+,78+,79+,80-,81-/m1/s1. The maximum atomic E-state index is 15.0. The lowest BCUT2D eigenvalue weighted by Crippen LogP contribution is -2.74. The Morgan fingerprint density at radius 1 is 0.268 bits per heavy atom. The Kier molecular flexibility index (Phi) is 33.9. The zero-order valence-electron chi connectivity index (χ0n) is 65.7. The van der Waals surface area contributed by atoms with Crippen LogP contribution in [0.1, 0.15) is 57.3 Å². The second-order valence-electron chi connectivity index (χ2n) is 29.2. The van der Waals surface area contributed by atoms with Gasteiger partial charge in [-0.25, -0.2) is 0 Å². The zero-order valence-corrected chi connectivity index (χ0v) is 65.7. The van der Waals surface area contributed by atoms with E-state index in [0.29, 0.717) is 16.7 Å². The van der Waals surface area contributed by atoms with E-state index in [2.05, 4.69) is 0 Å². The molecule has 8 aromatic rings. The van der Waals surface area contributed by atoms with Gasteiger partial charge in [-0.15, -0.1) is 0 Å². The highest BCUT2D eigenvalue weighted by atomic mass is 19.4. The molecule has 8 aromatic carbocycles. The maximum Gasteiger partial charge on any atom is 0.460 e. The van der Waals surface area contributed by atoms with Crippen molar-refractivity contribution in [2.45, 2.75) is 205 Å². The van der Waals surface area contributed by atoms with Crippen LogP contribution in [0.2, 0.25) is 0 Å². The van der Waals surface area contributed by atoms with Crippen molar-refractivity contribution in [3.63, 3.8) is 0 Å². The first kappa shape index (κ1) is 95.3. The van der Waals surface area contributed by atoms with Crippen molar-refractivity contribution >= 4 is 0 Å². The van der Waals surface area contributed by atoms with Crippen molar-refractivity contribution in [1.82, 2.24) is 0 Å². The molecule has 3 fully saturated rings. The monoisotopic (exact) mass is 1750 g/mol. The van der Waals surface area contributed by atoms with Crippen LogP contribution in [0.25, 0.3) is 0 Å². The van der Waals surface area contributed by atoms with Gasteiger partial charge in [0.15, 0.2) is 18.9 Å². The van der Waals surface area contributed by atoms with Crippen LogP contribution in [-0.4, -0.2) is 190 Å². The average molecular weight is 1760 g/mol. The lowest BCUT2D eigenvalue weighted by atomic mass is 9.88. The molecule has 15 atom stereocenters. The minimum atomic E-state index is -8.76. The third kappa shape index (κ3) is 24.1. The van der Waals surface area contributed by atoms with Gasteiger partial charge in [0, 0.05) is 13.0 Å². The van der Waals surface area contributed by atoms with E-state index in [1.54, 1.807) is 72.8 Å². The van der Waals surface area contributed by atoms with Crippen LogP contribution in [0, 0.1) is 0 Å². The summed E-state index contributed by atoms with van der Waals surface area (Å²) in [6.07, 6.45) is -31.0. The Morgan fingerprint density at radius 3 is 0.919 bits per heavy atom. The van der Waals surface area contributed by atoms with Gasteiger partial charge >= 0.3 is 47.6 Å². The Hall–Kier alpha value is -8.37. The molecule has 0 radical (unpaired) electrons. The van der Waals surface area contributed by atoms with Crippen molar-refractivity contribution in [3.8, 4) is 0 Å². The smallest absolute Gasteiger partial charge is 0.385 e. The first-order valence-corrected chi connectivity index (χ1v) is 39.1. The van der Waals surface area contributed by atoms with Crippen molar-refractivity contribution in [3.05, 3.63) is 299 Å². The number of alkyl halides is 17. The number of ether oxygens (including phenoxy) is 15. The molecular weight excluding hydrogens is 1660 g/mol. The fourth-order valence-corrected chi connectivity index (χ4v) is 13.6. The highest BCUT2D eigenvalue weighted by Crippen LogP contribution is 2.64. The highest BCUT2D eigenvalue weighted by molar-refractivity contribution is 5.22. The van der Waals surface area contributed by atoms with Crippen LogP contribution in [0.5, 0.6) is 0 Å². The van der Waals surface area contributed by atoms with E-state index in [1.165, 1.54) is 6.08 Å². The largest absolute Gasteiger partial charge is 0.460 e. The first-order valence-electron chi connectivity index (χ1n) is 39.1. The number of rotatable bonds is 46. The summed E-state index contributed by atoms with van der Waals surface area (Å²) in [5.41, 5.74) is 5.80. The van der Waals surface area contributed by atoms with Crippen LogP contribution < -0.4 is 0 Å². The molecule has 0 bridgehead atoms. The molecule has 3 heterocycles. The molecule has 3 saturated heterocycles. The van der Waals surface area contributed by atoms with Crippen molar-refractivity contribution in [2.75, 3.05) is 39.6 Å². The molecule has 3 aliphatic heterocycles. The van der Waals surface area contributed by atoms with Gasteiger partial charge in [-0.1, -0.05) is 255 Å². The fourth-order valence-electron chi connectivity index (χ4n) is 13.6. The van der Waals surface area contributed by atoms with Gasteiger partial charge in [-0.05, 0) is 50.9 Å². The molecule has 2 N–H and O–H groups in total. The molecule has 17 nitrogen and oxygen atoms in total. The molecule has 123 heavy (non-hydrogen) atoms. The molecular formula is C89H91F17O17. The number of hydrogen-bond donors (Lipinski definition) is 2. The van der Waals surface area contributed by atoms with Crippen LogP contribution in [0.3, 0.4) is 0 Å². The lowest BCUT2D eigenvalue weighted by molar-refractivity contribution is -0.461. The predicted octanol–water partition coefficient (Wildman–Crippen LogP) is 17.6. The van der Waals surface area contributed by atoms with Crippen LogP contribution >= 0.6 is 0 Å². The van der Waals surface area contributed by atoms with Crippen molar-refractivity contribution < 1.29 is 156 Å². The second kappa shape index (κ2) is 43.7. The zero-order chi connectivity index (χ0) is 87.9. The molecule has 34 heteroatoms. The molecule has 3 aliphatic rings. The summed E-state index contributed by atoms with van der Waals surface area (Å²) in [6.45, 7) is -3.66. The molecule has 0 aliphatic carbocycles. The molecule has 11 rings (SSSR count). The topological polar surface area (TPSA) is 179 Å². The van der Waals surface area contributed by atoms with Gasteiger partial charge in [0.1, 0.15) is 73.2 Å². The Balaban J connectivity index is 0.922. The summed E-state index contributed by atoms with van der Waals surface area (Å²) < 4.78 is 339. The lowest BCUT2D eigenvalue weighted by Gasteiger charge is -2.50. The fraction of sp³-hybridized carbons (Fsp3) is 0.438. The molecule has 0 spiro atoms. The van der Waals surface area contributed by atoms with Gasteiger partial charge in [0.05, 0.1) is 85.9 Å². The van der Waals surface area contributed by atoms with Gasteiger partial charge in [0.2, 0.25) is 0 Å². The Labute approximate surface area is 697 Å². The van der Waals surface area contributed by atoms with Gasteiger partial charge in [-0.3, -0.25) is 0 Å². The highest BCUT2D eigenvalue weighted by Gasteiger charge is 2.95. The average Bonchev–Trinajstić information content (AvgIpc) is 0.694. The van der Waals surface area contributed by atoms with Crippen molar-refractivity contribution in [1.29, 1.82) is 0 Å². The molecule has 668 valence electrons. The van der Waals surface area contributed by atoms with Crippen LogP contribution in [-0.2, 0) is 124 Å². The SMILES string of the molecule is O[C@@H]1[C@@H](OC[C@H]2O[C@@H](OC/C=C\COCCCC(F)(F)C(F)(F)C(F)(F)C(F)(F)C(F)(F)C(F)(F)C(F)(F)C(F)(F)F)[C@@H](OCc3ccccc3)[C@@H](O[C@H]3O[C@H](COCc4ccccc4)[C@@H](OCc4ccccc4)[C@H](OCc4ccccc4)[C@@H]3O)[C@@H]2OCc2ccccc2)O[C@H](COCc2ccccc2)[C@@H](OCc2ccccc2)[C@@H]1OCc1ccccc1. The second-order valence-corrected chi connectivity index (χ2v) is 29.2.